The standard InChI is InChI=1S/C14H23N3O3/c1-5-14(6-2,19-4)13-15-12(20-16-13)11-7-8-17(9-11)10(3)18/h11H,5-9H2,1-4H3. The van der Waals surface area contributed by atoms with E-state index in [4.69, 9.17) is 9.26 Å². The molecule has 2 heterocycles. The normalized spacial score (nSPS) is 19.6. The molecule has 20 heavy (non-hydrogen) atoms. The fourth-order valence-electron chi connectivity index (χ4n) is 2.78. The molecule has 6 nitrogen and oxygen atoms in total. The Balaban J connectivity index is 2.15. The summed E-state index contributed by atoms with van der Waals surface area (Å²) in [6, 6.07) is 0. The van der Waals surface area contributed by atoms with Crippen LogP contribution < -0.4 is 0 Å². The summed E-state index contributed by atoms with van der Waals surface area (Å²) < 4.78 is 11.0. The maximum Gasteiger partial charge on any atom is 0.231 e. The Morgan fingerprint density at radius 3 is 2.70 bits per heavy atom. The molecule has 0 N–H and O–H groups in total. The minimum atomic E-state index is -0.472. The van der Waals surface area contributed by atoms with E-state index in [1.54, 1.807) is 14.0 Å². The summed E-state index contributed by atoms with van der Waals surface area (Å²) in [5.41, 5.74) is -0.472. The third kappa shape index (κ3) is 2.57. The van der Waals surface area contributed by atoms with Crippen LogP contribution in [0, 0.1) is 0 Å². The van der Waals surface area contributed by atoms with Crippen molar-refractivity contribution in [3.8, 4) is 0 Å². The van der Waals surface area contributed by atoms with Crippen LogP contribution in [0.3, 0.4) is 0 Å². The minimum absolute atomic E-state index is 0.0978. The second kappa shape index (κ2) is 5.91. The van der Waals surface area contributed by atoms with Crippen LogP contribution in [0.5, 0.6) is 0 Å². The predicted molar refractivity (Wildman–Crippen MR) is 73.2 cm³/mol. The van der Waals surface area contributed by atoms with Gasteiger partial charge in [-0.25, -0.2) is 0 Å². The van der Waals surface area contributed by atoms with Crippen LogP contribution >= 0.6 is 0 Å². The molecule has 0 radical (unpaired) electrons. The molecule has 1 atom stereocenters. The lowest BCUT2D eigenvalue weighted by Gasteiger charge is -2.25. The number of amides is 1. The molecule has 1 amide bonds. The topological polar surface area (TPSA) is 68.5 Å². The molecular weight excluding hydrogens is 258 g/mol. The van der Waals surface area contributed by atoms with Gasteiger partial charge in [0, 0.05) is 27.1 Å². The van der Waals surface area contributed by atoms with Crippen LogP contribution in [-0.2, 0) is 15.1 Å². The SMILES string of the molecule is CCC(CC)(OC)c1noc(C2CCN(C(C)=O)C2)n1. The van der Waals surface area contributed by atoms with Gasteiger partial charge in [0.15, 0.2) is 0 Å². The summed E-state index contributed by atoms with van der Waals surface area (Å²) in [4.78, 5) is 17.7. The zero-order valence-corrected chi connectivity index (χ0v) is 12.7. The molecule has 1 aliphatic heterocycles. The number of hydrogen-bond donors (Lipinski definition) is 0. The molecule has 0 saturated carbocycles. The van der Waals surface area contributed by atoms with Gasteiger partial charge < -0.3 is 14.2 Å². The number of carbonyl (C=O) groups excluding carboxylic acids is 1. The first kappa shape index (κ1) is 15.0. The number of methoxy groups -OCH3 is 1. The number of hydrogen-bond acceptors (Lipinski definition) is 5. The van der Waals surface area contributed by atoms with Gasteiger partial charge in [0.25, 0.3) is 0 Å². The predicted octanol–water partition coefficient (Wildman–Crippen LogP) is 2.07. The highest BCUT2D eigenvalue weighted by molar-refractivity contribution is 5.73. The summed E-state index contributed by atoms with van der Waals surface area (Å²) in [6.07, 6.45) is 2.46. The third-order valence-electron chi connectivity index (χ3n) is 4.37. The summed E-state index contributed by atoms with van der Waals surface area (Å²) in [6.45, 7) is 7.11. The largest absolute Gasteiger partial charge is 0.370 e. The Bertz CT molecular complexity index is 460. The first-order valence-electron chi connectivity index (χ1n) is 7.21. The van der Waals surface area contributed by atoms with Gasteiger partial charge in [-0.2, -0.15) is 4.98 Å². The van der Waals surface area contributed by atoms with Crippen LogP contribution in [0.1, 0.15) is 57.7 Å². The number of aromatic nitrogens is 2. The summed E-state index contributed by atoms with van der Waals surface area (Å²) >= 11 is 0. The Morgan fingerprint density at radius 2 is 2.20 bits per heavy atom. The van der Waals surface area contributed by atoms with E-state index in [-0.39, 0.29) is 11.8 Å². The van der Waals surface area contributed by atoms with E-state index in [0.29, 0.717) is 18.3 Å². The van der Waals surface area contributed by atoms with Crippen molar-refractivity contribution in [1.29, 1.82) is 0 Å². The van der Waals surface area contributed by atoms with Crippen molar-refractivity contribution in [2.24, 2.45) is 0 Å². The smallest absolute Gasteiger partial charge is 0.231 e. The molecule has 1 aromatic heterocycles. The van der Waals surface area contributed by atoms with E-state index in [1.807, 2.05) is 4.90 Å². The summed E-state index contributed by atoms with van der Waals surface area (Å²) in [5, 5.41) is 4.10. The van der Waals surface area contributed by atoms with E-state index < -0.39 is 5.60 Å². The van der Waals surface area contributed by atoms with Gasteiger partial charge in [0.05, 0.1) is 5.92 Å². The highest BCUT2D eigenvalue weighted by Gasteiger charge is 2.36. The zero-order chi connectivity index (χ0) is 14.8. The van der Waals surface area contributed by atoms with Gasteiger partial charge in [-0.1, -0.05) is 19.0 Å². The molecule has 0 aromatic carbocycles. The van der Waals surface area contributed by atoms with Crippen LogP contribution in [0.4, 0.5) is 0 Å². The Hall–Kier alpha value is -1.43. The summed E-state index contributed by atoms with van der Waals surface area (Å²) in [7, 11) is 1.68. The van der Waals surface area contributed by atoms with Crippen molar-refractivity contribution in [1.82, 2.24) is 15.0 Å². The van der Waals surface area contributed by atoms with Crippen molar-refractivity contribution in [2.45, 2.75) is 51.6 Å². The summed E-state index contributed by atoms with van der Waals surface area (Å²) in [5.74, 6) is 1.47. The molecule has 0 bridgehead atoms. The lowest BCUT2D eigenvalue weighted by atomic mass is 9.96. The Labute approximate surface area is 119 Å². The molecule has 1 unspecified atom stereocenters. The molecule has 1 saturated heterocycles. The number of ether oxygens (including phenoxy) is 1. The first-order chi connectivity index (χ1) is 9.56. The monoisotopic (exact) mass is 281 g/mol. The lowest BCUT2D eigenvalue weighted by molar-refractivity contribution is -0.127. The zero-order valence-electron chi connectivity index (χ0n) is 12.7. The molecule has 1 aromatic rings. The van der Waals surface area contributed by atoms with Crippen LogP contribution in [0.25, 0.3) is 0 Å². The molecule has 112 valence electrons. The number of nitrogens with zero attached hydrogens (tertiary/aromatic N) is 3. The highest BCUT2D eigenvalue weighted by Crippen LogP contribution is 2.32. The average Bonchev–Trinajstić information content (AvgIpc) is 3.10. The van der Waals surface area contributed by atoms with E-state index in [2.05, 4.69) is 24.0 Å². The minimum Gasteiger partial charge on any atom is -0.370 e. The Morgan fingerprint density at radius 1 is 1.50 bits per heavy atom. The molecule has 1 fully saturated rings. The molecule has 0 spiro atoms. The second-order valence-electron chi connectivity index (χ2n) is 5.31. The van der Waals surface area contributed by atoms with Gasteiger partial charge >= 0.3 is 0 Å². The average molecular weight is 281 g/mol. The quantitative estimate of drug-likeness (QED) is 0.826. The van der Waals surface area contributed by atoms with Gasteiger partial charge in [0.1, 0.15) is 5.60 Å². The first-order valence-corrected chi connectivity index (χ1v) is 7.21. The molecule has 6 heteroatoms. The van der Waals surface area contributed by atoms with Gasteiger partial charge in [-0.15, -0.1) is 0 Å². The highest BCUT2D eigenvalue weighted by atomic mass is 16.5. The van der Waals surface area contributed by atoms with Crippen molar-refractivity contribution >= 4 is 5.91 Å². The number of carbonyl (C=O) groups is 1. The van der Waals surface area contributed by atoms with E-state index >= 15 is 0 Å². The Kier molecular flexibility index (Phi) is 4.42. The van der Waals surface area contributed by atoms with Crippen molar-refractivity contribution in [3.63, 3.8) is 0 Å². The maximum atomic E-state index is 11.4. The van der Waals surface area contributed by atoms with Crippen molar-refractivity contribution in [3.05, 3.63) is 11.7 Å². The van der Waals surface area contributed by atoms with Gasteiger partial charge in [0.2, 0.25) is 17.6 Å². The fraction of sp³-hybridized carbons (Fsp3) is 0.786. The van der Waals surface area contributed by atoms with E-state index in [0.717, 1.165) is 25.8 Å². The van der Waals surface area contributed by atoms with Crippen LogP contribution in [0.15, 0.2) is 4.52 Å². The van der Waals surface area contributed by atoms with E-state index in [9.17, 15) is 4.79 Å². The molecule has 2 rings (SSSR count). The number of rotatable bonds is 5. The van der Waals surface area contributed by atoms with Gasteiger partial charge in [-0.3, -0.25) is 4.79 Å². The van der Waals surface area contributed by atoms with Crippen molar-refractivity contribution < 1.29 is 14.1 Å². The van der Waals surface area contributed by atoms with E-state index in [1.165, 1.54) is 0 Å². The number of likely N-dealkylation sites (tertiary alicyclic amines) is 1. The maximum absolute atomic E-state index is 11.4. The van der Waals surface area contributed by atoms with Gasteiger partial charge in [-0.05, 0) is 19.3 Å². The van der Waals surface area contributed by atoms with Crippen LogP contribution in [-0.4, -0.2) is 41.1 Å². The third-order valence-corrected chi connectivity index (χ3v) is 4.37. The fourth-order valence-corrected chi connectivity index (χ4v) is 2.78. The molecular formula is C14H23N3O3. The van der Waals surface area contributed by atoms with Crippen LogP contribution in [0.2, 0.25) is 0 Å². The molecule has 1 aliphatic rings. The second-order valence-corrected chi connectivity index (χ2v) is 5.31. The lowest BCUT2D eigenvalue weighted by Crippen LogP contribution is -2.28. The van der Waals surface area contributed by atoms with Crippen molar-refractivity contribution in [2.75, 3.05) is 20.2 Å². The molecule has 0 aliphatic carbocycles.